The van der Waals surface area contributed by atoms with Gasteiger partial charge >= 0.3 is 0 Å². The van der Waals surface area contributed by atoms with Crippen molar-refractivity contribution in [1.82, 2.24) is 9.88 Å². The molecule has 0 spiro atoms. The number of rotatable bonds is 5. The lowest BCUT2D eigenvalue weighted by Gasteiger charge is -2.27. The third-order valence-electron chi connectivity index (χ3n) is 6.25. The van der Waals surface area contributed by atoms with Crippen LogP contribution in [0, 0.1) is 6.92 Å². The van der Waals surface area contributed by atoms with Gasteiger partial charge in [0.1, 0.15) is 5.75 Å². The lowest BCUT2D eigenvalue weighted by atomic mass is 10.0. The van der Waals surface area contributed by atoms with Crippen LogP contribution >= 0.6 is 0 Å². The Morgan fingerprint density at radius 2 is 1.82 bits per heavy atom. The second-order valence-corrected chi connectivity index (χ2v) is 10.0. The van der Waals surface area contributed by atoms with Crippen LogP contribution in [0.5, 0.6) is 5.75 Å². The maximum Gasteiger partial charge on any atom is 0.262 e. The molecule has 34 heavy (non-hydrogen) atoms. The number of aromatic amines is 1. The molecular weight excluding hydrogens is 450 g/mol. The summed E-state index contributed by atoms with van der Waals surface area (Å²) in [5.74, 6) is 0.225. The van der Waals surface area contributed by atoms with Gasteiger partial charge < -0.3 is 14.6 Å². The van der Waals surface area contributed by atoms with Gasteiger partial charge in [-0.3, -0.25) is 9.52 Å². The van der Waals surface area contributed by atoms with Gasteiger partial charge in [-0.25, -0.2) is 8.42 Å². The second kappa shape index (κ2) is 8.53. The number of hydrogen-bond donors (Lipinski definition) is 2. The number of sulfonamides is 1. The first-order valence-electron chi connectivity index (χ1n) is 11.0. The number of ether oxygens (including phenoxy) is 1. The minimum atomic E-state index is -3.94. The van der Waals surface area contributed by atoms with E-state index in [0.29, 0.717) is 35.7 Å². The maximum atomic E-state index is 13.4. The molecule has 1 aromatic heterocycles. The van der Waals surface area contributed by atoms with E-state index < -0.39 is 10.0 Å². The molecule has 0 unspecified atom stereocenters. The molecule has 4 aromatic rings. The Balaban J connectivity index is 1.44. The minimum absolute atomic E-state index is 0.0639. The SMILES string of the molecule is COc1ccccc1NS(=O)(=O)c1cc(C(=O)N2CCc3[nH]c4ccccc4c3C2)ccc1C. The van der Waals surface area contributed by atoms with E-state index in [-0.39, 0.29) is 10.8 Å². The fourth-order valence-corrected chi connectivity index (χ4v) is 5.82. The molecule has 0 bridgehead atoms. The van der Waals surface area contributed by atoms with Gasteiger partial charge in [0.05, 0.1) is 17.7 Å². The molecule has 2 N–H and O–H groups in total. The van der Waals surface area contributed by atoms with Crippen molar-refractivity contribution in [3.63, 3.8) is 0 Å². The molecular formula is C26H25N3O4S. The van der Waals surface area contributed by atoms with Gasteiger partial charge in [0.25, 0.3) is 15.9 Å². The van der Waals surface area contributed by atoms with Crippen molar-refractivity contribution in [3.05, 3.63) is 89.1 Å². The highest BCUT2D eigenvalue weighted by atomic mass is 32.2. The summed E-state index contributed by atoms with van der Waals surface area (Å²) in [6, 6.07) is 19.7. The summed E-state index contributed by atoms with van der Waals surface area (Å²) in [5, 5.41) is 1.11. The Morgan fingerprint density at radius 1 is 1.06 bits per heavy atom. The van der Waals surface area contributed by atoms with Crippen LogP contribution in [-0.2, 0) is 23.0 Å². The van der Waals surface area contributed by atoms with Crippen molar-refractivity contribution in [2.45, 2.75) is 24.8 Å². The van der Waals surface area contributed by atoms with E-state index >= 15 is 0 Å². The topological polar surface area (TPSA) is 91.5 Å². The number of para-hydroxylation sites is 3. The van der Waals surface area contributed by atoms with Gasteiger partial charge in [0.15, 0.2) is 0 Å². The minimum Gasteiger partial charge on any atom is -0.495 e. The number of hydrogen-bond acceptors (Lipinski definition) is 4. The average molecular weight is 476 g/mol. The quantitative estimate of drug-likeness (QED) is 0.445. The summed E-state index contributed by atoms with van der Waals surface area (Å²) >= 11 is 0. The fourth-order valence-electron chi connectivity index (χ4n) is 4.47. The van der Waals surface area contributed by atoms with E-state index in [0.717, 1.165) is 28.6 Å². The smallest absolute Gasteiger partial charge is 0.262 e. The molecule has 0 aliphatic carbocycles. The number of carbonyl (C=O) groups excluding carboxylic acids is 1. The monoisotopic (exact) mass is 475 g/mol. The van der Waals surface area contributed by atoms with Crippen molar-refractivity contribution >= 4 is 32.5 Å². The largest absolute Gasteiger partial charge is 0.495 e. The summed E-state index contributed by atoms with van der Waals surface area (Å²) < 4.78 is 34.3. The first-order valence-corrected chi connectivity index (χ1v) is 12.5. The van der Waals surface area contributed by atoms with Crippen molar-refractivity contribution in [2.75, 3.05) is 18.4 Å². The van der Waals surface area contributed by atoms with Crippen molar-refractivity contribution in [2.24, 2.45) is 0 Å². The number of fused-ring (bicyclic) bond motifs is 3. The zero-order valence-corrected chi connectivity index (χ0v) is 19.8. The molecule has 0 saturated carbocycles. The number of H-pyrrole nitrogens is 1. The van der Waals surface area contributed by atoms with Gasteiger partial charge in [0.2, 0.25) is 0 Å². The van der Waals surface area contributed by atoms with Crippen LogP contribution in [-0.4, -0.2) is 37.9 Å². The van der Waals surface area contributed by atoms with E-state index in [2.05, 4.69) is 15.8 Å². The van der Waals surface area contributed by atoms with Gasteiger partial charge in [-0.05, 0) is 42.8 Å². The summed E-state index contributed by atoms with van der Waals surface area (Å²) in [7, 11) is -2.46. The molecule has 5 rings (SSSR count). The van der Waals surface area contributed by atoms with Crippen LogP contribution < -0.4 is 9.46 Å². The summed E-state index contributed by atoms with van der Waals surface area (Å²) in [5.41, 5.74) is 4.56. The van der Waals surface area contributed by atoms with Crippen LogP contribution in [0.15, 0.2) is 71.6 Å². The number of aryl methyl sites for hydroxylation is 1. The van der Waals surface area contributed by atoms with Gasteiger partial charge in [-0.15, -0.1) is 0 Å². The molecule has 1 amide bonds. The van der Waals surface area contributed by atoms with Crippen molar-refractivity contribution in [1.29, 1.82) is 0 Å². The van der Waals surface area contributed by atoms with Crippen LogP contribution in [0.2, 0.25) is 0 Å². The Labute approximate surface area is 198 Å². The Kier molecular flexibility index (Phi) is 5.53. The molecule has 0 atom stereocenters. The molecule has 8 heteroatoms. The molecule has 0 saturated heterocycles. The lowest BCUT2D eigenvalue weighted by Crippen LogP contribution is -2.36. The number of anilines is 1. The zero-order valence-electron chi connectivity index (χ0n) is 19.0. The standard InChI is InChI=1S/C26H25N3O4S/c1-17-11-12-18(15-25(17)34(31,32)28-23-9-5-6-10-24(23)33-2)26(30)29-14-13-22-20(16-29)19-7-3-4-8-21(19)27-22/h3-12,15,27-28H,13-14,16H2,1-2H3. The molecule has 3 aromatic carbocycles. The second-order valence-electron chi connectivity index (χ2n) is 8.39. The molecule has 0 radical (unpaired) electrons. The number of methoxy groups -OCH3 is 1. The van der Waals surface area contributed by atoms with Gasteiger partial charge in [-0.2, -0.15) is 0 Å². The number of amides is 1. The number of aromatic nitrogens is 1. The highest BCUT2D eigenvalue weighted by Crippen LogP contribution is 2.30. The number of nitrogens with zero attached hydrogens (tertiary/aromatic N) is 1. The van der Waals surface area contributed by atoms with Crippen LogP contribution in [0.3, 0.4) is 0 Å². The Morgan fingerprint density at radius 3 is 2.65 bits per heavy atom. The number of nitrogens with one attached hydrogen (secondary N) is 2. The fraction of sp³-hybridized carbons (Fsp3) is 0.192. The van der Waals surface area contributed by atoms with Gasteiger partial charge in [-0.1, -0.05) is 36.4 Å². The highest BCUT2D eigenvalue weighted by Gasteiger charge is 2.27. The molecule has 174 valence electrons. The van der Waals surface area contributed by atoms with Crippen LogP contribution in [0.4, 0.5) is 5.69 Å². The highest BCUT2D eigenvalue weighted by molar-refractivity contribution is 7.92. The summed E-state index contributed by atoms with van der Waals surface area (Å²) in [4.78, 5) is 18.7. The van der Waals surface area contributed by atoms with Crippen molar-refractivity contribution in [3.8, 4) is 5.75 Å². The zero-order chi connectivity index (χ0) is 23.9. The molecule has 0 fully saturated rings. The Bertz CT molecular complexity index is 1510. The summed E-state index contributed by atoms with van der Waals surface area (Å²) in [6.45, 7) is 2.76. The third kappa shape index (κ3) is 3.90. The predicted octanol–water partition coefficient (Wildman–Crippen LogP) is 4.48. The molecule has 1 aliphatic rings. The van der Waals surface area contributed by atoms with E-state index in [4.69, 9.17) is 4.74 Å². The molecule has 7 nitrogen and oxygen atoms in total. The van der Waals surface area contributed by atoms with Crippen LogP contribution in [0.1, 0.15) is 27.2 Å². The maximum absolute atomic E-state index is 13.4. The normalized spacial score (nSPS) is 13.5. The van der Waals surface area contributed by atoms with Gasteiger partial charge in [0, 0.05) is 47.2 Å². The first-order chi connectivity index (χ1) is 16.4. The first kappa shape index (κ1) is 22.0. The van der Waals surface area contributed by atoms with Crippen LogP contribution in [0.25, 0.3) is 10.9 Å². The Hall–Kier alpha value is -3.78. The lowest BCUT2D eigenvalue weighted by molar-refractivity contribution is 0.0735. The molecule has 2 heterocycles. The van der Waals surface area contributed by atoms with E-state index in [1.54, 1.807) is 48.2 Å². The van der Waals surface area contributed by atoms with E-state index in [1.165, 1.54) is 13.2 Å². The van der Waals surface area contributed by atoms with E-state index in [1.807, 2.05) is 18.2 Å². The van der Waals surface area contributed by atoms with Crippen molar-refractivity contribution < 1.29 is 17.9 Å². The summed E-state index contributed by atoms with van der Waals surface area (Å²) in [6.07, 6.45) is 0.724. The number of benzene rings is 3. The third-order valence-corrected chi connectivity index (χ3v) is 7.75. The van der Waals surface area contributed by atoms with E-state index in [9.17, 15) is 13.2 Å². The number of carbonyl (C=O) groups is 1. The average Bonchev–Trinajstić information content (AvgIpc) is 3.22. The predicted molar refractivity (Wildman–Crippen MR) is 132 cm³/mol. The molecule has 1 aliphatic heterocycles.